The molecule has 1 aliphatic heterocycles. The van der Waals surface area contributed by atoms with Crippen LogP contribution in [0.3, 0.4) is 0 Å². The van der Waals surface area contributed by atoms with Crippen LogP contribution in [0.15, 0.2) is 24.3 Å². The van der Waals surface area contributed by atoms with Gasteiger partial charge in [-0.1, -0.05) is 0 Å². The lowest BCUT2D eigenvalue weighted by atomic mass is 9.99. The minimum absolute atomic E-state index is 0.163. The molecule has 2 atom stereocenters. The molecule has 0 amide bonds. The Labute approximate surface area is 81.0 Å². The molecule has 0 aromatic carbocycles. The summed E-state index contributed by atoms with van der Waals surface area (Å²) in [4.78, 5) is 0. The number of hydrogen-bond acceptors (Lipinski definition) is 1. The number of rotatable bonds is 4. The van der Waals surface area contributed by atoms with E-state index in [9.17, 15) is 26.3 Å². The number of hydrogen-bond donors (Lipinski definition) is 0. The molecular weight excluding hydrogens is 226 g/mol. The van der Waals surface area contributed by atoms with E-state index in [0.29, 0.717) is 0 Å². The summed E-state index contributed by atoms with van der Waals surface area (Å²) < 4.78 is 76.9. The van der Waals surface area contributed by atoms with Gasteiger partial charge in [0.2, 0.25) is 0 Å². The normalized spacial score (nSPS) is 27.9. The molecule has 7 heteroatoms. The van der Waals surface area contributed by atoms with Gasteiger partial charge in [-0.05, 0) is 0 Å². The third-order valence-corrected chi connectivity index (χ3v) is 1.96. The molecule has 1 nitrogen and oxygen atoms in total. The summed E-state index contributed by atoms with van der Waals surface area (Å²) >= 11 is 0. The lowest BCUT2D eigenvalue weighted by Crippen LogP contribution is -2.34. The van der Waals surface area contributed by atoms with E-state index in [1.165, 1.54) is 0 Å². The number of halogens is 6. The molecular formula is C8H6F6O. The first-order valence-electron chi connectivity index (χ1n) is 3.86. The van der Waals surface area contributed by atoms with Crippen molar-refractivity contribution in [1.82, 2.24) is 0 Å². The van der Waals surface area contributed by atoms with Gasteiger partial charge in [0.15, 0.2) is 17.9 Å². The second kappa shape index (κ2) is 4.26. The van der Waals surface area contributed by atoms with Crippen molar-refractivity contribution in [3.8, 4) is 0 Å². The van der Waals surface area contributed by atoms with Gasteiger partial charge in [-0.3, -0.25) is 0 Å². The van der Waals surface area contributed by atoms with Gasteiger partial charge in [0.1, 0.15) is 0 Å². The van der Waals surface area contributed by atoms with Crippen LogP contribution in [0, 0.1) is 0 Å². The summed E-state index contributed by atoms with van der Waals surface area (Å²) in [6, 6.07) is 0. The maximum absolute atomic E-state index is 13.0. The van der Waals surface area contributed by atoms with Crippen LogP contribution >= 0.6 is 0 Å². The van der Waals surface area contributed by atoms with Crippen molar-refractivity contribution in [1.29, 1.82) is 0 Å². The lowest BCUT2D eigenvalue weighted by Gasteiger charge is -2.14. The number of alkyl halides is 2. The van der Waals surface area contributed by atoms with E-state index < -0.39 is 36.7 Å². The minimum Gasteiger partial charge on any atom is -0.362 e. The highest BCUT2D eigenvalue weighted by Crippen LogP contribution is 2.40. The van der Waals surface area contributed by atoms with Gasteiger partial charge in [0.05, 0.1) is 6.61 Å². The Hall–Kier alpha value is -0.980. The fourth-order valence-corrected chi connectivity index (χ4v) is 1.06. The van der Waals surface area contributed by atoms with Crippen molar-refractivity contribution in [2.24, 2.45) is 0 Å². The molecule has 1 saturated heterocycles. The molecule has 0 aromatic heterocycles. The smallest absolute Gasteiger partial charge is 0.269 e. The predicted molar refractivity (Wildman–Crippen MR) is 39.1 cm³/mol. The molecule has 0 spiro atoms. The van der Waals surface area contributed by atoms with Crippen LogP contribution in [-0.4, -0.2) is 24.6 Å². The highest BCUT2D eigenvalue weighted by atomic mass is 19.3. The van der Waals surface area contributed by atoms with Crippen LogP contribution in [0.1, 0.15) is 0 Å². The predicted octanol–water partition coefficient (Wildman–Crippen LogP) is 2.99. The fourth-order valence-electron chi connectivity index (χ4n) is 1.06. The van der Waals surface area contributed by atoms with E-state index >= 15 is 0 Å². The van der Waals surface area contributed by atoms with Crippen molar-refractivity contribution >= 4 is 0 Å². The molecule has 0 bridgehead atoms. The molecule has 1 rings (SSSR count). The van der Waals surface area contributed by atoms with Crippen LogP contribution in [0.25, 0.3) is 0 Å². The Bertz CT molecular complexity index is 262. The van der Waals surface area contributed by atoms with Crippen LogP contribution in [0.2, 0.25) is 0 Å². The first kappa shape index (κ1) is 12.1. The van der Waals surface area contributed by atoms with Crippen LogP contribution in [-0.2, 0) is 4.74 Å². The van der Waals surface area contributed by atoms with Gasteiger partial charge >= 0.3 is 0 Å². The number of epoxide rings is 1. The molecule has 15 heavy (non-hydrogen) atoms. The first-order valence-corrected chi connectivity index (χ1v) is 3.86. The van der Waals surface area contributed by atoms with Crippen molar-refractivity contribution in [2.45, 2.75) is 17.9 Å². The Balaban J connectivity index is 2.75. The highest BCUT2D eigenvalue weighted by molar-refractivity contribution is 5.17. The molecule has 86 valence electrons. The average molecular weight is 232 g/mol. The fraction of sp³-hybridized carbons (Fsp3) is 0.500. The summed E-state index contributed by atoms with van der Waals surface area (Å²) in [6.45, 7) is -0.511. The van der Waals surface area contributed by atoms with Gasteiger partial charge in [0, 0.05) is 12.2 Å². The van der Waals surface area contributed by atoms with E-state index in [0.717, 1.165) is 0 Å². The minimum atomic E-state index is -2.45. The molecule has 1 heterocycles. The molecule has 0 saturated carbocycles. The van der Waals surface area contributed by atoms with Crippen LogP contribution in [0.4, 0.5) is 26.3 Å². The van der Waals surface area contributed by atoms with E-state index in [1.54, 1.807) is 0 Å². The third kappa shape index (κ3) is 2.74. The second-order valence-electron chi connectivity index (χ2n) is 2.96. The lowest BCUT2D eigenvalue weighted by molar-refractivity contribution is 0.120. The zero-order valence-electron chi connectivity index (χ0n) is 7.19. The zero-order chi connectivity index (χ0) is 11.6. The van der Waals surface area contributed by atoms with Crippen LogP contribution in [0.5, 0.6) is 0 Å². The SMILES string of the molecule is FC(F)=CC(F)C1(C(F)C=C(F)F)CO1. The van der Waals surface area contributed by atoms with E-state index in [-0.39, 0.29) is 12.2 Å². The summed E-state index contributed by atoms with van der Waals surface area (Å²) in [5, 5.41) is 0. The van der Waals surface area contributed by atoms with E-state index in [4.69, 9.17) is 0 Å². The van der Waals surface area contributed by atoms with Gasteiger partial charge in [0.25, 0.3) is 12.2 Å². The van der Waals surface area contributed by atoms with Gasteiger partial charge in [-0.25, -0.2) is 8.78 Å². The summed E-state index contributed by atoms with van der Waals surface area (Å²) in [5.74, 6) is 0. The Morgan fingerprint density at radius 2 is 1.33 bits per heavy atom. The average Bonchev–Trinajstić information content (AvgIpc) is 2.80. The maximum atomic E-state index is 13.0. The summed E-state index contributed by atoms with van der Waals surface area (Å²) in [5.41, 5.74) is -2.22. The van der Waals surface area contributed by atoms with Gasteiger partial charge in [-0.15, -0.1) is 0 Å². The van der Waals surface area contributed by atoms with Crippen molar-refractivity contribution < 1.29 is 31.1 Å². The van der Waals surface area contributed by atoms with Crippen molar-refractivity contribution in [2.75, 3.05) is 6.61 Å². The molecule has 0 N–H and O–H groups in total. The Morgan fingerprint density at radius 3 is 1.53 bits per heavy atom. The largest absolute Gasteiger partial charge is 0.362 e. The molecule has 0 radical (unpaired) electrons. The van der Waals surface area contributed by atoms with Crippen LogP contribution < -0.4 is 0 Å². The maximum Gasteiger partial charge on any atom is 0.269 e. The van der Waals surface area contributed by atoms with Crippen molar-refractivity contribution in [3.05, 3.63) is 24.3 Å². The molecule has 1 fully saturated rings. The molecule has 1 aliphatic rings. The number of ether oxygens (including phenoxy) is 1. The second-order valence-corrected chi connectivity index (χ2v) is 2.96. The standard InChI is InChI=1S/C8H6F6O/c9-4(1-6(11)12)8(3-15-8)5(10)2-7(13)14/h1-2,4-5H,3H2. The molecule has 2 unspecified atom stereocenters. The topological polar surface area (TPSA) is 12.5 Å². The molecule has 0 aliphatic carbocycles. The summed E-state index contributed by atoms with van der Waals surface area (Å²) in [7, 11) is 0. The third-order valence-electron chi connectivity index (χ3n) is 1.96. The van der Waals surface area contributed by atoms with Gasteiger partial charge in [-0.2, -0.15) is 17.6 Å². The van der Waals surface area contributed by atoms with E-state index in [1.807, 2.05) is 0 Å². The first-order chi connectivity index (χ1) is 6.88. The van der Waals surface area contributed by atoms with Gasteiger partial charge < -0.3 is 4.74 Å². The summed E-state index contributed by atoms with van der Waals surface area (Å²) in [6.07, 6.45) is -9.93. The van der Waals surface area contributed by atoms with E-state index in [2.05, 4.69) is 4.74 Å². The van der Waals surface area contributed by atoms with Crippen molar-refractivity contribution in [3.63, 3.8) is 0 Å². The zero-order valence-corrected chi connectivity index (χ0v) is 7.19. The Morgan fingerprint density at radius 1 is 1.00 bits per heavy atom. The molecule has 0 aromatic rings. The quantitative estimate of drug-likeness (QED) is 0.536. The highest BCUT2D eigenvalue weighted by Gasteiger charge is 2.58. The Kier molecular flexibility index (Phi) is 3.43. The monoisotopic (exact) mass is 232 g/mol.